The molecule has 1 aromatic rings. The lowest BCUT2D eigenvalue weighted by atomic mass is 10.1. The van der Waals surface area contributed by atoms with Crippen molar-refractivity contribution in [2.45, 2.75) is 17.4 Å². The lowest BCUT2D eigenvalue weighted by Gasteiger charge is -2.19. The van der Waals surface area contributed by atoms with Gasteiger partial charge in [-0.3, -0.25) is 4.79 Å². The third kappa shape index (κ3) is 4.37. The second-order valence-corrected chi connectivity index (χ2v) is 9.22. The summed E-state index contributed by atoms with van der Waals surface area (Å²) in [5.74, 6) is 0.700. The van der Waals surface area contributed by atoms with Crippen LogP contribution >= 0.6 is 11.8 Å². The van der Waals surface area contributed by atoms with Crippen LogP contribution in [-0.4, -0.2) is 67.6 Å². The zero-order valence-electron chi connectivity index (χ0n) is 14.1. The molecule has 1 unspecified atom stereocenters. The van der Waals surface area contributed by atoms with Gasteiger partial charge in [0, 0.05) is 25.4 Å². The van der Waals surface area contributed by atoms with E-state index in [9.17, 15) is 18.0 Å². The first-order valence-corrected chi connectivity index (χ1v) is 10.9. The third-order valence-electron chi connectivity index (χ3n) is 4.56. The van der Waals surface area contributed by atoms with Crippen molar-refractivity contribution >= 4 is 33.7 Å². The van der Waals surface area contributed by atoms with E-state index in [-0.39, 0.29) is 34.9 Å². The predicted molar refractivity (Wildman–Crippen MR) is 97.5 cm³/mol. The van der Waals surface area contributed by atoms with E-state index in [2.05, 4.69) is 10.0 Å². The van der Waals surface area contributed by atoms with Crippen molar-refractivity contribution in [3.8, 4) is 0 Å². The highest BCUT2D eigenvalue weighted by molar-refractivity contribution is 7.99. The van der Waals surface area contributed by atoms with E-state index in [0.29, 0.717) is 13.0 Å². The molecule has 8 nitrogen and oxygen atoms in total. The van der Waals surface area contributed by atoms with Crippen LogP contribution in [0.15, 0.2) is 29.2 Å². The van der Waals surface area contributed by atoms with Crippen LogP contribution in [0.4, 0.5) is 0 Å². The molecule has 3 rings (SSSR count). The Kier molecular flexibility index (Phi) is 5.86. The molecule has 0 saturated carbocycles. The maximum atomic E-state index is 12.4. The molecule has 10 heteroatoms. The van der Waals surface area contributed by atoms with Gasteiger partial charge in [0.15, 0.2) is 0 Å². The van der Waals surface area contributed by atoms with Crippen LogP contribution in [0, 0.1) is 5.92 Å². The summed E-state index contributed by atoms with van der Waals surface area (Å²) in [6.07, 6.45) is 0.598. The fourth-order valence-electron chi connectivity index (χ4n) is 3.05. The maximum absolute atomic E-state index is 12.4. The molecule has 2 aliphatic heterocycles. The van der Waals surface area contributed by atoms with Gasteiger partial charge in [0.25, 0.3) is 0 Å². The Balaban J connectivity index is 1.53. The SMILES string of the molecule is O=C(O)c1ccc(S(=O)(=O)NCC2CN[C@H](C(=O)N3CCSC3)C2)cc1. The van der Waals surface area contributed by atoms with Gasteiger partial charge < -0.3 is 15.3 Å². The summed E-state index contributed by atoms with van der Waals surface area (Å²) in [5, 5.41) is 12.0. The molecule has 1 aromatic carbocycles. The molecule has 3 N–H and O–H groups in total. The molecular weight excluding hydrogens is 378 g/mol. The van der Waals surface area contributed by atoms with Crippen LogP contribution in [0.1, 0.15) is 16.8 Å². The molecule has 0 aliphatic carbocycles. The van der Waals surface area contributed by atoms with E-state index in [0.717, 1.165) is 18.2 Å². The maximum Gasteiger partial charge on any atom is 0.335 e. The minimum absolute atomic E-state index is 0.0233. The van der Waals surface area contributed by atoms with Crippen LogP contribution in [0.2, 0.25) is 0 Å². The van der Waals surface area contributed by atoms with Gasteiger partial charge in [-0.1, -0.05) is 0 Å². The normalized spacial score (nSPS) is 23.3. The summed E-state index contributed by atoms with van der Waals surface area (Å²) in [6, 6.07) is 4.82. The third-order valence-corrected chi connectivity index (χ3v) is 6.96. The number of hydrogen-bond acceptors (Lipinski definition) is 6. The minimum atomic E-state index is -3.71. The number of hydrogen-bond donors (Lipinski definition) is 3. The largest absolute Gasteiger partial charge is 0.478 e. The number of rotatable bonds is 6. The number of carboxylic acid groups (broad SMARTS) is 1. The average Bonchev–Trinajstić information content (AvgIpc) is 3.31. The molecule has 2 saturated heterocycles. The molecule has 2 fully saturated rings. The fourth-order valence-corrected chi connectivity index (χ4v) is 5.12. The highest BCUT2D eigenvalue weighted by Gasteiger charge is 2.33. The fraction of sp³-hybridized carbons (Fsp3) is 0.500. The summed E-state index contributed by atoms with van der Waals surface area (Å²) in [5.41, 5.74) is 0.0328. The Morgan fingerprint density at radius 3 is 2.65 bits per heavy atom. The van der Waals surface area contributed by atoms with Crippen molar-refractivity contribution in [3.63, 3.8) is 0 Å². The second kappa shape index (κ2) is 7.95. The summed E-state index contributed by atoms with van der Waals surface area (Å²) in [4.78, 5) is 25.1. The first-order valence-electron chi connectivity index (χ1n) is 8.30. The van der Waals surface area contributed by atoms with Gasteiger partial charge in [-0.25, -0.2) is 17.9 Å². The number of carboxylic acids is 1. The highest BCUT2D eigenvalue weighted by Crippen LogP contribution is 2.20. The zero-order chi connectivity index (χ0) is 18.7. The number of carbonyl (C=O) groups excluding carboxylic acids is 1. The molecule has 0 bridgehead atoms. The highest BCUT2D eigenvalue weighted by atomic mass is 32.2. The number of carbonyl (C=O) groups is 2. The molecule has 2 atom stereocenters. The molecule has 142 valence electrons. The molecular formula is C16H21N3O5S2. The Labute approximate surface area is 156 Å². The summed E-state index contributed by atoms with van der Waals surface area (Å²) in [7, 11) is -3.71. The van der Waals surface area contributed by atoms with Crippen LogP contribution < -0.4 is 10.0 Å². The Morgan fingerprint density at radius 2 is 2.04 bits per heavy atom. The quantitative estimate of drug-likeness (QED) is 0.625. The number of nitrogens with zero attached hydrogens (tertiary/aromatic N) is 1. The lowest BCUT2D eigenvalue weighted by Crippen LogP contribution is -2.42. The van der Waals surface area contributed by atoms with E-state index in [1.54, 1.807) is 11.8 Å². The number of thioether (sulfide) groups is 1. The Bertz CT molecular complexity index is 776. The van der Waals surface area contributed by atoms with Crippen molar-refractivity contribution < 1.29 is 23.1 Å². The number of amides is 1. The zero-order valence-corrected chi connectivity index (χ0v) is 15.7. The van der Waals surface area contributed by atoms with E-state index in [4.69, 9.17) is 5.11 Å². The Morgan fingerprint density at radius 1 is 1.31 bits per heavy atom. The van der Waals surface area contributed by atoms with Gasteiger partial charge in [-0.2, -0.15) is 0 Å². The molecule has 2 heterocycles. The number of sulfonamides is 1. The first kappa shape index (κ1) is 19.2. The molecule has 1 amide bonds. The van der Waals surface area contributed by atoms with E-state index >= 15 is 0 Å². The predicted octanol–water partition coefficient (Wildman–Crippen LogP) is 0.174. The summed E-state index contributed by atoms with van der Waals surface area (Å²) >= 11 is 1.73. The smallest absolute Gasteiger partial charge is 0.335 e. The van der Waals surface area contributed by atoms with Crippen molar-refractivity contribution in [1.82, 2.24) is 14.9 Å². The van der Waals surface area contributed by atoms with Crippen LogP contribution in [0.3, 0.4) is 0 Å². The monoisotopic (exact) mass is 399 g/mol. The van der Waals surface area contributed by atoms with Gasteiger partial charge in [-0.05, 0) is 36.6 Å². The molecule has 0 radical (unpaired) electrons. The van der Waals surface area contributed by atoms with Gasteiger partial charge in [0.05, 0.1) is 22.4 Å². The van der Waals surface area contributed by atoms with Gasteiger partial charge >= 0.3 is 5.97 Å². The summed E-state index contributed by atoms with van der Waals surface area (Å²) in [6.45, 7) is 1.58. The summed E-state index contributed by atoms with van der Waals surface area (Å²) < 4.78 is 27.2. The lowest BCUT2D eigenvalue weighted by molar-refractivity contribution is -0.131. The molecule has 2 aliphatic rings. The van der Waals surface area contributed by atoms with Crippen molar-refractivity contribution in [3.05, 3.63) is 29.8 Å². The number of nitrogens with one attached hydrogen (secondary N) is 2. The van der Waals surface area contributed by atoms with Crippen LogP contribution in [0.25, 0.3) is 0 Å². The molecule has 0 aromatic heterocycles. The van der Waals surface area contributed by atoms with Crippen LogP contribution in [-0.2, 0) is 14.8 Å². The van der Waals surface area contributed by atoms with Crippen molar-refractivity contribution in [1.29, 1.82) is 0 Å². The number of benzene rings is 1. The van der Waals surface area contributed by atoms with E-state index in [1.165, 1.54) is 24.3 Å². The van der Waals surface area contributed by atoms with Crippen molar-refractivity contribution in [2.24, 2.45) is 5.92 Å². The Hall–Kier alpha value is -1.62. The van der Waals surface area contributed by atoms with Crippen molar-refractivity contribution in [2.75, 3.05) is 31.3 Å². The van der Waals surface area contributed by atoms with E-state index in [1.807, 2.05) is 4.90 Å². The second-order valence-electron chi connectivity index (χ2n) is 6.38. The standard InChI is InChI=1S/C16H21N3O5S2/c20-15(19-5-6-25-10-19)14-7-11(8-17-14)9-18-26(23,24)13-3-1-12(2-4-13)16(21)22/h1-4,11,14,17-18H,5-10H2,(H,21,22)/t11?,14-/m0/s1. The minimum Gasteiger partial charge on any atom is -0.478 e. The van der Waals surface area contributed by atoms with Gasteiger partial charge in [0.1, 0.15) is 0 Å². The average molecular weight is 399 g/mol. The molecule has 0 spiro atoms. The van der Waals surface area contributed by atoms with Gasteiger partial charge in [0.2, 0.25) is 15.9 Å². The van der Waals surface area contributed by atoms with Crippen LogP contribution in [0.5, 0.6) is 0 Å². The first-order chi connectivity index (χ1) is 12.4. The van der Waals surface area contributed by atoms with E-state index < -0.39 is 16.0 Å². The van der Waals surface area contributed by atoms with Gasteiger partial charge in [-0.15, -0.1) is 11.8 Å². The molecule has 26 heavy (non-hydrogen) atoms. The topological polar surface area (TPSA) is 116 Å². The number of aromatic carboxylic acids is 1.